The van der Waals surface area contributed by atoms with Crippen molar-refractivity contribution in [1.82, 2.24) is 4.98 Å². The van der Waals surface area contributed by atoms with Gasteiger partial charge in [-0.05, 0) is 54.8 Å². The Morgan fingerprint density at radius 3 is 2.39 bits per heavy atom. The summed E-state index contributed by atoms with van der Waals surface area (Å²) in [7, 11) is 0. The van der Waals surface area contributed by atoms with Crippen molar-refractivity contribution < 1.29 is 47.5 Å². The number of carbonyl (C=O) groups excluding carboxylic acids is 1. The summed E-state index contributed by atoms with van der Waals surface area (Å²) in [5.74, 6) is -2.53. The van der Waals surface area contributed by atoms with Gasteiger partial charge in [-0.25, -0.2) is 9.78 Å². The highest BCUT2D eigenvalue weighted by atomic mass is 19.4. The third-order valence-electron chi connectivity index (χ3n) is 5.96. The van der Waals surface area contributed by atoms with Crippen LogP contribution in [0.3, 0.4) is 0 Å². The van der Waals surface area contributed by atoms with Crippen LogP contribution in [-0.4, -0.2) is 28.3 Å². The van der Waals surface area contributed by atoms with E-state index in [9.17, 15) is 36.6 Å². The van der Waals surface area contributed by atoms with Gasteiger partial charge in [0.2, 0.25) is 5.91 Å². The molecule has 0 spiro atoms. The second-order valence-corrected chi connectivity index (χ2v) is 8.34. The van der Waals surface area contributed by atoms with E-state index in [1.165, 1.54) is 36.4 Å². The van der Waals surface area contributed by atoms with Gasteiger partial charge >= 0.3 is 18.4 Å². The van der Waals surface area contributed by atoms with Crippen LogP contribution in [0.15, 0.2) is 54.6 Å². The summed E-state index contributed by atoms with van der Waals surface area (Å²) in [6.07, 6.45) is -7.89. The number of nitrogens with one attached hydrogen (secondary N) is 1. The summed E-state index contributed by atoms with van der Waals surface area (Å²) >= 11 is 0. The first-order chi connectivity index (χ1) is 16.9. The van der Waals surface area contributed by atoms with E-state index in [4.69, 9.17) is 0 Å². The molecule has 3 aromatic rings. The van der Waals surface area contributed by atoms with Crippen LogP contribution in [0.1, 0.15) is 35.8 Å². The lowest BCUT2D eigenvalue weighted by molar-refractivity contribution is -0.286. The van der Waals surface area contributed by atoms with Crippen molar-refractivity contribution >= 4 is 17.7 Å². The van der Waals surface area contributed by atoms with Crippen LogP contribution in [0, 0.1) is 0 Å². The van der Waals surface area contributed by atoms with E-state index in [0.717, 1.165) is 18.2 Å². The number of halogens is 5. The molecule has 1 fully saturated rings. The SMILES string of the molecule is O=C(O)c1cccc(-c2nc(NC(=O)C3(c4ccc5c(c4)OC(F)(F)O5)CC3)ccc2C(F)(F)F)c1.[HH]. The van der Waals surface area contributed by atoms with E-state index in [1.54, 1.807) is 0 Å². The van der Waals surface area contributed by atoms with Crippen LogP contribution in [0.5, 0.6) is 11.5 Å². The zero-order chi connectivity index (χ0) is 25.9. The Kier molecular flexibility index (Phi) is 5.16. The summed E-state index contributed by atoms with van der Waals surface area (Å²) in [5.41, 5.74) is -2.73. The number of pyridine rings is 1. The number of anilines is 1. The van der Waals surface area contributed by atoms with Gasteiger partial charge < -0.3 is 19.9 Å². The van der Waals surface area contributed by atoms with Gasteiger partial charge in [-0.1, -0.05) is 18.2 Å². The monoisotopic (exact) mass is 508 g/mol. The standard InChI is InChI=1S/C24H15F5N2O5.H2/c25-23(26,27)15-5-7-18(30-19(15)12-2-1-3-13(10-12)20(32)33)31-21(34)22(8-9-22)14-4-6-16-17(11-14)36-24(28,29)35-16;/h1-7,10-11H,8-9H2,(H,32,33)(H,30,31,34);1H. The summed E-state index contributed by atoms with van der Waals surface area (Å²) < 4.78 is 76.5. The molecule has 0 atom stereocenters. The first-order valence-electron chi connectivity index (χ1n) is 10.5. The minimum Gasteiger partial charge on any atom is -0.478 e. The molecule has 0 saturated heterocycles. The van der Waals surface area contributed by atoms with Crippen molar-refractivity contribution in [3.05, 3.63) is 71.3 Å². The molecular weight excluding hydrogens is 491 g/mol. The molecule has 2 N–H and O–H groups in total. The van der Waals surface area contributed by atoms with Crippen molar-refractivity contribution in [2.45, 2.75) is 30.7 Å². The van der Waals surface area contributed by atoms with E-state index in [-0.39, 0.29) is 29.9 Å². The summed E-state index contributed by atoms with van der Waals surface area (Å²) in [5, 5.41) is 11.7. The fraction of sp³-hybridized carbons (Fsp3) is 0.208. The van der Waals surface area contributed by atoms with Gasteiger partial charge in [0, 0.05) is 6.99 Å². The van der Waals surface area contributed by atoms with Gasteiger partial charge in [0.15, 0.2) is 11.5 Å². The van der Waals surface area contributed by atoms with E-state index in [0.29, 0.717) is 18.4 Å². The third-order valence-corrected chi connectivity index (χ3v) is 5.96. The fourth-order valence-corrected chi connectivity index (χ4v) is 4.03. The molecule has 0 radical (unpaired) electrons. The molecule has 2 aliphatic rings. The second-order valence-electron chi connectivity index (χ2n) is 8.34. The number of fused-ring (bicyclic) bond motifs is 1. The Morgan fingerprint density at radius 1 is 1.00 bits per heavy atom. The number of amides is 1. The van der Waals surface area contributed by atoms with Crippen molar-refractivity contribution in [1.29, 1.82) is 0 Å². The van der Waals surface area contributed by atoms with E-state index < -0.39 is 41.0 Å². The molecular formula is C24H17F5N2O5. The minimum atomic E-state index is -4.80. The highest BCUT2D eigenvalue weighted by Gasteiger charge is 2.53. The summed E-state index contributed by atoms with van der Waals surface area (Å²) in [4.78, 5) is 28.4. The van der Waals surface area contributed by atoms with E-state index in [2.05, 4.69) is 19.8 Å². The molecule has 1 aliphatic carbocycles. The van der Waals surface area contributed by atoms with Crippen molar-refractivity contribution in [3.8, 4) is 22.8 Å². The van der Waals surface area contributed by atoms with Crippen LogP contribution in [0.4, 0.5) is 27.8 Å². The lowest BCUT2D eigenvalue weighted by atomic mass is 9.94. The Morgan fingerprint density at radius 2 is 1.72 bits per heavy atom. The van der Waals surface area contributed by atoms with Gasteiger partial charge in [-0.15, -0.1) is 8.78 Å². The van der Waals surface area contributed by atoms with Crippen molar-refractivity contribution in [3.63, 3.8) is 0 Å². The number of carbonyl (C=O) groups is 2. The van der Waals surface area contributed by atoms with Crippen LogP contribution < -0.4 is 14.8 Å². The Labute approximate surface area is 201 Å². The number of hydrogen-bond donors (Lipinski definition) is 2. The van der Waals surface area contributed by atoms with Crippen molar-refractivity contribution in [2.75, 3.05) is 5.32 Å². The first kappa shape index (κ1) is 23.5. The van der Waals surface area contributed by atoms with Gasteiger partial charge in [-0.2, -0.15) is 13.2 Å². The highest BCUT2D eigenvalue weighted by Crippen LogP contribution is 2.52. The molecule has 0 bridgehead atoms. The Balaban J connectivity index is 0.00000320. The lowest BCUT2D eigenvalue weighted by Crippen LogP contribution is -2.28. The molecule has 1 saturated carbocycles. The Hall–Kier alpha value is -4.22. The lowest BCUT2D eigenvalue weighted by Gasteiger charge is -2.18. The summed E-state index contributed by atoms with van der Waals surface area (Å²) in [6, 6.07) is 10.5. The maximum absolute atomic E-state index is 13.7. The predicted molar refractivity (Wildman–Crippen MR) is 116 cm³/mol. The number of aromatic carboxylic acids is 1. The zero-order valence-electron chi connectivity index (χ0n) is 18.0. The molecule has 5 rings (SSSR count). The van der Waals surface area contributed by atoms with Gasteiger partial charge in [0.1, 0.15) is 5.82 Å². The average Bonchev–Trinajstić information content (AvgIpc) is 3.55. The zero-order valence-corrected chi connectivity index (χ0v) is 18.0. The average molecular weight is 508 g/mol. The molecule has 2 aromatic carbocycles. The van der Waals surface area contributed by atoms with Crippen LogP contribution in [0.2, 0.25) is 0 Å². The van der Waals surface area contributed by atoms with Gasteiger partial charge in [-0.3, -0.25) is 4.79 Å². The minimum absolute atomic E-state index is 0. The quantitative estimate of drug-likeness (QED) is 0.429. The predicted octanol–water partition coefficient (Wildman–Crippen LogP) is 5.70. The van der Waals surface area contributed by atoms with Crippen LogP contribution in [0.25, 0.3) is 11.3 Å². The molecule has 1 aliphatic heterocycles. The number of aromatic nitrogens is 1. The van der Waals surface area contributed by atoms with Crippen LogP contribution in [-0.2, 0) is 16.4 Å². The molecule has 36 heavy (non-hydrogen) atoms. The highest BCUT2D eigenvalue weighted by molar-refractivity contribution is 6.01. The number of rotatable bonds is 5. The molecule has 7 nitrogen and oxygen atoms in total. The van der Waals surface area contributed by atoms with E-state index in [1.807, 2.05) is 0 Å². The largest absolute Gasteiger partial charge is 0.586 e. The molecule has 0 unspecified atom stereocenters. The fourth-order valence-electron chi connectivity index (χ4n) is 4.03. The van der Waals surface area contributed by atoms with Crippen LogP contribution >= 0.6 is 0 Å². The third kappa shape index (κ3) is 4.18. The molecule has 1 amide bonds. The topological polar surface area (TPSA) is 97.8 Å². The maximum atomic E-state index is 13.7. The number of benzene rings is 2. The number of carboxylic acid groups (broad SMARTS) is 1. The number of carboxylic acids is 1. The van der Waals surface area contributed by atoms with Gasteiger partial charge in [0.25, 0.3) is 0 Å². The number of nitrogens with zero attached hydrogens (tertiary/aromatic N) is 1. The molecule has 12 heteroatoms. The molecule has 1 aromatic heterocycles. The summed E-state index contributed by atoms with van der Waals surface area (Å²) in [6.45, 7) is 0. The Bertz CT molecular complexity index is 1410. The molecule has 2 heterocycles. The maximum Gasteiger partial charge on any atom is 0.586 e. The number of alkyl halides is 5. The number of hydrogen-bond acceptors (Lipinski definition) is 5. The van der Waals surface area contributed by atoms with E-state index >= 15 is 0 Å². The smallest absolute Gasteiger partial charge is 0.478 e. The van der Waals surface area contributed by atoms with Crippen molar-refractivity contribution in [2.24, 2.45) is 0 Å². The normalized spacial score (nSPS) is 16.9. The molecule has 188 valence electrons. The number of ether oxygens (including phenoxy) is 2. The first-order valence-corrected chi connectivity index (χ1v) is 10.5. The van der Waals surface area contributed by atoms with Gasteiger partial charge in [0.05, 0.1) is 22.2 Å². The second kappa shape index (κ2) is 7.90.